The summed E-state index contributed by atoms with van der Waals surface area (Å²) in [6.45, 7) is 0.403. The van der Waals surface area contributed by atoms with Gasteiger partial charge in [0.05, 0.1) is 16.2 Å². The number of carbonyl (C=O) groups is 1. The Bertz CT molecular complexity index is 1030. The highest BCUT2D eigenvalue weighted by molar-refractivity contribution is 7.91. The molecule has 1 amide bonds. The number of carbonyl (C=O) groups excluding carboxylic acids is 1. The molecule has 1 saturated carbocycles. The number of pyridine rings is 1. The SMILES string of the molecule is Cc1cccc(S(=O)(=O)C[C@H]2CC[C@H](NC(=O)c3ccc(OCC(F)(F)F)nc3)CC2)c1. The van der Waals surface area contributed by atoms with Gasteiger partial charge in [-0.15, -0.1) is 0 Å². The van der Waals surface area contributed by atoms with Crippen LogP contribution in [0.15, 0.2) is 47.5 Å². The molecule has 1 aliphatic carbocycles. The van der Waals surface area contributed by atoms with Crippen LogP contribution in [-0.4, -0.2) is 43.9 Å². The number of rotatable bonds is 7. The zero-order chi connectivity index (χ0) is 23.4. The van der Waals surface area contributed by atoms with E-state index in [1.165, 1.54) is 18.3 Å². The molecule has 0 atom stereocenters. The van der Waals surface area contributed by atoms with E-state index in [4.69, 9.17) is 0 Å². The molecule has 2 aromatic rings. The second-order valence-electron chi connectivity index (χ2n) is 8.08. The van der Waals surface area contributed by atoms with Gasteiger partial charge in [-0.05, 0) is 62.3 Å². The molecule has 32 heavy (non-hydrogen) atoms. The Kier molecular flexibility index (Phi) is 7.43. The number of benzene rings is 1. The van der Waals surface area contributed by atoms with Crippen LogP contribution in [0, 0.1) is 12.8 Å². The van der Waals surface area contributed by atoms with Gasteiger partial charge >= 0.3 is 6.18 Å². The molecule has 3 rings (SSSR count). The van der Waals surface area contributed by atoms with Crippen LogP contribution >= 0.6 is 0 Å². The minimum Gasteiger partial charge on any atom is -0.468 e. The summed E-state index contributed by atoms with van der Waals surface area (Å²) in [6.07, 6.45) is -0.631. The van der Waals surface area contributed by atoms with Gasteiger partial charge in [-0.2, -0.15) is 13.2 Å². The Morgan fingerprint density at radius 1 is 1.16 bits per heavy atom. The molecule has 1 aromatic heterocycles. The molecule has 0 radical (unpaired) electrons. The van der Waals surface area contributed by atoms with Crippen molar-refractivity contribution in [1.29, 1.82) is 0 Å². The van der Waals surface area contributed by atoms with E-state index in [1.807, 2.05) is 13.0 Å². The Hall–Kier alpha value is -2.62. The molecule has 6 nitrogen and oxygen atoms in total. The van der Waals surface area contributed by atoms with Crippen molar-refractivity contribution in [1.82, 2.24) is 10.3 Å². The first kappa shape index (κ1) is 24.0. The maximum absolute atomic E-state index is 12.7. The van der Waals surface area contributed by atoms with E-state index in [9.17, 15) is 26.4 Å². The largest absolute Gasteiger partial charge is 0.468 e. The quantitative estimate of drug-likeness (QED) is 0.659. The van der Waals surface area contributed by atoms with Gasteiger partial charge in [-0.1, -0.05) is 12.1 Å². The third kappa shape index (κ3) is 6.94. The van der Waals surface area contributed by atoms with Crippen molar-refractivity contribution in [3.05, 3.63) is 53.7 Å². The number of amides is 1. The number of ether oxygens (including phenoxy) is 1. The number of aryl methyl sites for hydroxylation is 1. The Labute approximate surface area is 185 Å². The van der Waals surface area contributed by atoms with Crippen molar-refractivity contribution in [3.8, 4) is 5.88 Å². The second-order valence-corrected chi connectivity index (χ2v) is 10.1. The van der Waals surface area contributed by atoms with Crippen LogP contribution in [-0.2, 0) is 9.84 Å². The third-order valence-corrected chi connectivity index (χ3v) is 7.25. The fourth-order valence-corrected chi connectivity index (χ4v) is 5.51. The number of alkyl halides is 3. The van der Waals surface area contributed by atoms with Gasteiger partial charge in [0, 0.05) is 18.3 Å². The molecule has 1 N–H and O–H groups in total. The topological polar surface area (TPSA) is 85.4 Å². The van der Waals surface area contributed by atoms with Crippen molar-refractivity contribution in [2.24, 2.45) is 5.92 Å². The molecular formula is C22H25F3N2O4S. The van der Waals surface area contributed by atoms with E-state index in [0.717, 1.165) is 5.56 Å². The van der Waals surface area contributed by atoms with Gasteiger partial charge in [-0.25, -0.2) is 13.4 Å². The highest BCUT2D eigenvalue weighted by atomic mass is 32.2. The number of aromatic nitrogens is 1. The van der Waals surface area contributed by atoms with Crippen LogP contribution in [0.25, 0.3) is 0 Å². The first-order valence-corrected chi connectivity index (χ1v) is 11.9. The molecule has 10 heteroatoms. The van der Waals surface area contributed by atoms with Gasteiger partial charge in [0.25, 0.3) is 5.91 Å². The first-order valence-electron chi connectivity index (χ1n) is 10.3. The van der Waals surface area contributed by atoms with Crippen LogP contribution < -0.4 is 10.1 Å². The van der Waals surface area contributed by atoms with E-state index in [2.05, 4.69) is 15.0 Å². The van der Waals surface area contributed by atoms with E-state index >= 15 is 0 Å². The lowest BCUT2D eigenvalue weighted by Crippen LogP contribution is -2.38. The van der Waals surface area contributed by atoms with E-state index in [1.54, 1.807) is 18.2 Å². The maximum Gasteiger partial charge on any atom is 0.422 e. The van der Waals surface area contributed by atoms with Crippen LogP contribution in [0.5, 0.6) is 5.88 Å². The fourth-order valence-electron chi connectivity index (χ4n) is 3.71. The molecule has 0 bridgehead atoms. The van der Waals surface area contributed by atoms with Crippen LogP contribution in [0.4, 0.5) is 13.2 Å². The van der Waals surface area contributed by atoms with Gasteiger partial charge in [-0.3, -0.25) is 4.79 Å². The highest BCUT2D eigenvalue weighted by Gasteiger charge is 2.29. The minimum absolute atomic E-state index is 0.0281. The second kappa shape index (κ2) is 9.89. The number of nitrogens with one attached hydrogen (secondary N) is 1. The number of halogens is 3. The molecule has 0 aliphatic heterocycles. The lowest BCUT2D eigenvalue weighted by atomic mass is 9.87. The molecular weight excluding hydrogens is 445 g/mol. The van der Waals surface area contributed by atoms with Gasteiger partial charge in [0.2, 0.25) is 5.88 Å². The van der Waals surface area contributed by atoms with Gasteiger partial charge in [0.1, 0.15) is 0 Å². The normalized spacial score (nSPS) is 19.4. The standard InChI is InChI=1S/C22H25F3N2O4S/c1-15-3-2-4-19(11-15)32(29,30)13-16-5-8-18(9-6-16)27-21(28)17-7-10-20(26-12-17)31-14-22(23,24)25/h2-4,7,10-12,16,18H,5-6,8-9,13-14H2,1H3,(H,27,28)/t16-,18-. The highest BCUT2D eigenvalue weighted by Crippen LogP contribution is 2.28. The van der Waals surface area contributed by atoms with E-state index in [0.29, 0.717) is 30.6 Å². The van der Waals surface area contributed by atoms with Crippen molar-refractivity contribution >= 4 is 15.7 Å². The van der Waals surface area contributed by atoms with Crippen molar-refractivity contribution in [2.75, 3.05) is 12.4 Å². The first-order chi connectivity index (χ1) is 15.0. The summed E-state index contributed by atoms with van der Waals surface area (Å²) in [4.78, 5) is 16.5. The molecule has 174 valence electrons. The Balaban J connectivity index is 1.48. The third-order valence-electron chi connectivity index (χ3n) is 5.37. The maximum atomic E-state index is 12.7. The summed E-state index contributed by atoms with van der Waals surface area (Å²) in [5, 5.41) is 2.88. The monoisotopic (exact) mass is 470 g/mol. The van der Waals surface area contributed by atoms with E-state index in [-0.39, 0.29) is 35.1 Å². The van der Waals surface area contributed by atoms with E-state index < -0.39 is 22.6 Å². The Morgan fingerprint density at radius 3 is 2.47 bits per heavy atom. The fraction of sp³-hybridized carbons (Fsp3) is 0.455. The molecule has 1 heterocycles. The minimum atomic E-state index is -4.46. The number of hydrogen-bond acceptors (Lipinski definition) is 5. The van der Waals surface area contributed by atoms with Crippen molar-refractivity contribution < 1.29 is 31.1 Å². The van der Waals surface area contributed by atoms with Crippen LogP contribution in [0.1, 0.15) is 41.6 Å². The van der Waals surface area contributed by atoms with Crippen LogP contribution in [0.2, 0.25) is 0 Å². The molecule has 1 aliphatic rings. The summed E-state index contributed by atoms with van der Waals surface area (Å²) >= 11 is 0. The average Bonchev–Trinajstić information content (AvgIpc) is 2.73. The van der Waals surface area contributed by atoms with Crippen molar-refractivity contribution in [3.63, 3.8) is 0 Å². The molecule has 1 aromatic carbocycles. The Morgan fingerprint density at radius 2 is 1.88 bits per heavy atom. The predicted octanol–water partition coefficient (Wildman–Crippen LogP) is 4.09. The van der Waals surface area contributed by atoms with Gasteiger partial charge in [0.15, 0.2) is 16.4 Å². The van der Waals surface area contributed by atoms with Crippen LogP contribution in [0.3, 0.4) is 0 Å². The lowest BCUT2D eigenvalue weighted by Gasteiger charge is -2.29. The number of nitrogens with zero attached hydrogens (tertiary/aromatic N) is 1. The zero-order valence-electron chi connectivity index (χ0n) is 17.6. The number of hydrogen-bond donors (Lipinski definition) is 1. The lowest BCUT2D eigenvalue weighted by molar-refractivity contribution is -0.154. The summed E-state index contributed by atoms with van der Waals surface area (Å²) in [6, 6.07) is 9.35. The average molecular weight is 471 g/mol. The molecule has 0 spiro atoms. The molecule has 1 fully saturated rings. The summed E-state index contributed by atoms with van der Waals surface area (Å²) in [5.74, 6) is -0.481. The summed E-state index contributed by atoms with van der Waals surface area (Å²) in [5.41, 5.74) is 1.11. The summed E-state index contributed by atoms with van der Waals surface area (Å²) in [7, 11) is -3.36. The molecule has 0 saturated heterocycles. The van der Waals surface area contributed by atoms with Gasteiger partial charge < -0.3 is 10.1 Å². The van der Waals surface area contributed by atoms with Crippen molar-refractivity contribution in [2.45, 2.75) is 49.7 Å². The number of sulfone groups is 1. The smallest absolute Gasteiger partial charge is 0.422 e. The predicted molar refractivity (Wildman–Crippen MR) is 112 cm³/mol. The molecule has 0 unspecified atom stereocenters. The zero-order valence-corrected chi connectivity index (χ0v) is 18.4. The summed E-state index contributed by atoms with van der Waals surface area (Å²) < 4.78 is 66.4.